The van der Waals surface area contributed by atoms with Crippen LogP contribution in [0, 0.1) is 0 Å². The minimum absolute atomic E-state index is 0.0742. The zero-order valence-electron chi connectivity index (χ0n) is 16.5. The molecule has 0 spiro atoms. The van der Waals surface area contributed by atoms with Gasteiger partial charge in [0.15, 0.2) is 0 Å². The Hall–Kier alpha value is -3.09. The molecule has 152 valence electrons. The maximum Gasteiger partial charge on any atom is 0.324 e. The fourth-order valence-electron chi connectivity index (χ4n) is 4.33. The Morgan fingerprint density at radius 3 is 2.59 bits per heavy atom. The number of piperidine rings is 1. The second-order valence-electron chi connectivity index (χ2n) is 7.50. The molecule has 2 fully saturated rings. The van der Waals surface area contributed by atoms with Gasteiger partial charge in [-0.25, -0.2) is 4.79 Å². The van der Waals surface area contributed by atoms with Gasteiger partial charge in [-0.05, 0) is 36.1 Å². The lowest BCUT2D eigenvalue weighted by molar-refractivity contribution is -0.133. The average Bonchev–Trinajstić information content (AvgIpc) is 3.09. The van der Waals surface area contributed by atoms with Crippen LogP contribution in [-0.2, 0) is 16.0 Å². The van der Waals surface area contributed by atoms with E-state index in [0.29, 0.717) is 38.8 Å². The first kappa shape index (κ1) is 19.2. The van der Waals surface area contributed by atoms with Gasteiger partial charge >= 0.3 is 6.03 Å². The van der Waals surface area contributed by atoms with Gasteiger partial charge in [0, 0.05) is 31.1 Å². The van der Waals surface area contributed by atoms with Gasteiger partial charge in [-0.3, -0.25) is 14.5 Å². The molecule has 7 nitrogen and oxygen atoms in total. The van der Waals surface area contributed by atoms with E-state index in [0.717, 1.165) is 22.1 Å². The fourth-order valence-corrected chi connectivity index (χ4v) is 4.33. The number of hydrogen-bond acceptors (Lipinski definition) is 4. The summed E-state index contributed by atoms with van der Waals surface area (Å²) < 4.78 is 5.52. The number of imide groups is 1. The third kappa shape index (κ3) is 3.77. The summed E-state index contributed by atoms with van der Waals surface area (Å²) in [4.78, 5) is 39.7. The lowest BCUT2D eigenvalue weighted by atomic mass is 9.98. The summed E-state index contributed by atoms with van der Waals surface area (Å²) in [5, 5.41) is 4.80. The third-order valence-corrected chi connectivity index (χ3v) is 5.87. The van der Waals surface area contributed by atoms with Gasteiger partial charge in [0.2, 0.25) is 11.8 Å². The van der Waals surface area contributed by atoms with Crippen molar-refractivity contribution in [3.8, 4) is 5.75 Å². The quantitative estimate of drug-likeness (QED) is 0.788. The molecule has 0 aliphatic carbocycles. The molecular weight excluding hydrogens is 370 g/mol. The van der Waals surface area contributed by atoms with Crippen LogP contribution in [0.3, 0.4) is 0 Å². The predicted octanol–water partition coefficient (Wildman–Crippen LogP) is 2.32. The van der Waals surface area contributed by atoms with Crippen molar-refractivity contribution in [2.45, 2.75) is 31.7 Å². The number of nitrogens with zero attached hydrogens (tertiary/aromatic N) is 2. The van der Waals surface area contributed by atoms with Crippen molar-refractivity contribution >= 4 is 28.6 Å². The lowest BCUT2D eigenvalue weighted by Crippen LogP contribution is -2.49. The molecule has 0 radical (unpaired) electrons. The standard InChI is InChI=1S/C22H25N3O4/c1-29-19-8-6-15-4-2-3-5-17(15)18(19)7-9-20(26)24-12-10-16(11-13-24)25-21(27)14-23-22(25)28/h2-6,8,16H,7,9-14H2,1H3,(H,23,28). The second kappa shape index (κ2) is 8.11. The molecule has 2 heterocycles. The van der Waals surface area contributed by atoms with E-state index in [-0.39, 0.29) is 30.4 Å². The highest BCUT2D eigenvalue weighted by atomic mass is 16.5. The zero-order chi connectivity index (χ0) is 20.4. The number of carbonyl (C=O) groups is 3. The molecule has 0 saturated carbocycles. The van der Waals surface area contributed by atoms with Crippen LogP contribution in [-0.4, -0.2) is 60.4 Å². The van der Waals surface area contributed by atoms with Crippen LogP contribution in [0.1, 0.15) is 24.8 Å². The van der Waals surface area contributed by atoms with Crippen molar-refractivity contribution in [2.75, 3.05) is 26.7 Å². The minimum Gasteiger partial charge on any atom is -0.496 e. The number of methoxy groups -OCH3 is 1. The van der Waals surface area contributed by atoms with E-state index in [2.05, 4.69) is 17.4 Å². The zero-order valence-corrected chi connectivity index (χ0v) is 16.5. The fraction of sp³-hybridized carbons (Fsp3) is 0.409. The summed E-state index contributed by atoms with van der Waals surface area (Å²) in [6, 6.07) is 11.6. The molecule has 2 saturated heterocycles. The first-order valence-corrected chi connectivity index (χ1v) is 10.0. The number of carbonyl (C=O) groups excluding carboxylic acids is 3. The molecule has 0 bridgehead atoms. The van der Waals surface area contributed by atoms with Crippen molar-refractivity contribution in [1.29, 1.82) is 0 Å². The minimum atomic E-state index is -0.317. The molecule has 2 aromatic rings. The number of hydrogen-bond donors (Lipinski definition) is 1. The van der Waals surface area contributed by atoms with Gasteiger partial charge in [0.1, 0.15) is 5.75 Å². The highest BCUT2D eigenvalue weighted by molar-refractivity contribution is 6.02. The summed E-state index contributed by atoms with van der Waals surface area (Å²) in [5.41, 5.74) is 1.05. The molecule has 4 amide bonds. The van der Waals surface area contributed by atoms with E-state index >= 15 is 0 Å². The summed E-state index contributed by atoms with van der Waals surface area (Å²) >= 11 is 0. The lowest BCUT2D eigenvalue weighted by Gasteiger charge is -2.35. The highest BCUT2D eigenvalue weighted by Crippen LogP contribution is 2.29. The summed E-state index contributed by atoms with van der Waals surface area (Å²) in [6.45, 7) is 1.20. The number of likely N-dealkylation sites (tertiary alicyclic amines) is 1. The normalized spacial score (nSPS) is 17.7. The third-order valence-electron chi connectivity index (χ3n) is 5.87. The number of fused-ring (bicyclic) bond motifs is 1. The molecule has 0 atom stereocenters. The van der Waals surface area contributed by atoms with Crippen molar-refractivity contribution in [3.05, 3.63) is 42.0 Å². The number of rotatable bonds is 5. The largest absolute Gasteiger partial charge is 0.496 e. The van der Waals surface area contributed by atoms with E-state index in [9.17, 15) is 14.4 Å². The number of amides is 4. The molecule has 2 aliphatic heterocycles. The Morgan fingerprint density at radius 2 is 1.90 bits per heavy atom. The molecule has 0 aromatic heterocycles. The van der Waals surface area contributed by atoms with Gasteiger partial charge in [0.05, 0.1) is 13.7 Å². The second-order valence-corrected chi connectivity index (χ2v) is 7.50. The van der Waals surface area contributed by atoms with Gasteiger partial charge in [-0.15, -0.1) is 0 Å². The predicted molar refractivity (Wildman–Crippen MR) is 109 cm³/mol. The molecule has 29 heavy (non-hydrogen) atoms. The maximum atomic E-state index is 12.8. The number of aryl methyl sites for hydroxylation is 1. The van der Waals surface area contributed by atoms with Gasteiger partial charge in [0.25, 0.3) is 0 Å². The van der Waals surface area contributed by atoms with Crippen LogP contribution in [0.25, 0.3) is 10.8 Å². The SMILES string of the molecule is COc1ccc2ccccc2c1CCC(=O)N1CCC(N2C(=O)CNC2=O)CC1. The van der Waals surface area contributed by atoms with E-state index in [1.165, 1.54) is 4.90 Å². The van der Waals surface area contributed by atoms with E-state index in [1.807, 2.05) is 29.2 Å². The van der Waals surface area contributed by atoms with Crippen LogP contribution in [0.5, 0.6) is 5.75 Å². The van der Waals surface area contributed by atoms with Crippen LogP contribution >= 0.6 is 0 Å². The van der Waals surface area contributed by atoms with E-state index in [1.54, 1.807) is 7.11 Å². The molecule has 0 unspecified atom stereocenters. The topological polar surface area (TPSA) is 79.0 Å². The monoisotopic (exact) mass is 395 g/mol. The average molecular weight is 395 g/mol. The molecule has 2 aromatic carbocycles. The Morgan fingerprint density at radius 1 is 1.14 bits per heavy atom. The molecule has 7 heteroatoms. The Kier molecular flexibility index (Phi) is 5.38. The Labute approximate surface area is 169 Å². The van der Waals surface area contributed by atoms with Gasteiger partial charge < -0.3 is 15.0 Å². The summed E-state index contributed by atoms with van der Waals surface area (Å²) in [6.07, 6.45) is 2.26. The first-order valence-electron chi connectivity index (χ1n) is 10.0. The number of nitrogens with one attached hydrogen (secondary N) is 1. The van der Waals surface area contributed by atoms with Crippen molar-refractivity contribution in [1.82, 2.24) is 15.1 Å². The number of urea groups is 1. The van der Waals surface area contributed by atoms with Gasteiger partial charge in [-0.2, -0.15) is 0 Å². The van der Waals surface area contributed by atoms with Crippen molar-refractivity contribution < 1.29 is 19.1 Å². The number of benzene rings is 2. The van der Waals surface area contributed by atoms with Gasteiger partial charge in [-0.1, -0.05) is 30.3 Å². The van der Waals surface area contributed by atoms with Crippen LogP contribution in [0.15, 0.2) is 36.4 Å². The van der Waals surface area contributed by atoms with E-state index < -0.39 is 0 Å². The smallest absolute Gasteiger partial charge is 0.324 e. The first-order chi connectivity index (χ1) is 14.1. The van der Waals surface area contributed by atoms with Crippen LogP contribution in [0.4, 0.5) is 4.79 Å². The van der Waals surface area contributed by atoms with Crippen molar-refractivity contribution in [3.63, 3.8) is 0 Å². The summed E-state index contributed by atoms with van der Waals surface area (Å²) in [7, 11) is 1.65. The molecular formula is C22H25N3O4. The molecule has 4 rings (SSSR count). The Bertz CT molecular complexity index is 934. The molecule has 2 aliphatic rings. The van der Waals surface area contributed by atoms with Crippen LogP contribution in [0.2, 0.25) is 0 Å². The molecule has 1 N–H and O–H groups in total. The summed E-state index contributed by atoms with van der Waals surface area (Å²) in [5.74, 6) is 0.715. The van der Waals surface area contributed by atoms with E-state index in [4.69, 9.17) is 4.74 Å². The van der Waals surface area contributed by atoms with Crippen LogP contribution < -0.4 is 10.1 Å². The highest BCUT2D eigenvalue weighted by Gasteiger charge is 2.37. The Balaban J connectivity index is 1.38. The maximum absolute atomic E-state index is 12.8. The number of ether oxygens (including phenoxy) is 1. The van der Waals surface area contributed by atoms with Crippen molar-refractivity contribution in [2.24, 2.45) is 0 Å².